The van der Waals surface area contributed by atoms with Crippen LogP contribution in [0.4, 0.5) is 5.69 Å². The predicted molar refractivity (Wildman–Crippen MR) is 139 cm³/mol. The quantitative estimate of drug-likeness (QED) is 0.464. The fraction of sp³-hybridized carbons (Fsp3) is 0.462. The number of carbonyl (C=O) groups excluding carboxylic acids is 2. The normalized spacial score (nSPS) is 14.1. The maximum Gasteiger partial charge on any atom is 0.244 e. The number of nitrogens with one attached hydrogen (secondary N) is 1. The molecule has 3 rings (SSSR count). The zero-order valence-electron chi connectivity index (χ0n) is 21.3. The van der Waals surface area contributed by atoms with Gasteiger partial charge in [-0.15, -0.1) is 0 Å². The van der Waals surface area contributed by atoms with Crippen molar-refractivity contribution in [2.24, 2.45) is 0 Å². The average molecular weight is 518 g/mol. The van der Waals surface area contributed by atoms with Gasteiger partial charge < -0.3 is 19.7 Å². The highest BCUT2D eigenvalue weighted by Gasteiger charge is 2.31. The van der Waals surface area contributed by atoms with Crippen LogP contribution in [-0.2, 0) is 26.0 Å². The highest BCUT2D eigenvalue weighted by atomic mass is 32.2. The third-order valence-electron chi connectivity index (χ3n) is 6.28. The van der Waals surface area contributed by atoms with E-state index in [1.165, 1.54) is 11.8 Å². The second-order valence-electron chi connectivity index (χ2n) is 8.76. The molecule has 9 nitrogen and oxygen atoms in total. The topological polar surface area (TPSA) is 105 Å². The van der Waals surface area contributed by atoms with Gasteiger partial charge in [0, 0.05) is 18.7 Å². The third kappa shape index (κ3) is 6.69. The molecule has 0 saturated heterocycles. The van der Waals surface area contributed by atoms with Crippen molar-refractivity contribution in [3.05, 3.63) is 54.1 Å². The van der Waals surface area contributed by atoms with E-state index in [0.717, 1.165) is 16.3 Å². The van der Waals surface area contributed by atoms with E-state index in [1.54, 1.807) is 25.1 Å². The molecule has 0 unspecified atom stereocenters. The summed E-state index contributed by atoms with van der Waals surface area (Å²) in [6.07, 6.45) is 1.28. The van der Waals surface area contributed by atoms with E-state index in [1.807, 2.05) is 44.2 Å². The van der Waals surface area contributed by atoms with Crippen LogP contribution in [0.5, 0.6) is 11.5 Å². The van der Waals surface area contributed by atoms with Gasteiger partial charge in [-0.3, -0.25) is 13.9 Å². The standard InChI is InChI=1S/C26H35N3O6S/c1-5-19(3)27-26(31)20(4)28(15-14-21-10-8-7-9-11-21)25(30)17-29(36(32,33)6-2)22-12-13-23-24(16-22)35-18-34-23/h7-13,16,19-20H,5-6,14-15,17-18H2,1-4H3,(H,27,31)/t19-,20+/m0/s1. The molecule has 2 atom stereocenters. The lowest BCUT2D eigenvalue weighted by Crippen LogP contribution is -2.53. The zero-order chi connectivity index (χ0) is 26.3. The second kappa shape index (κ2) is 12.1. The van der Waals surface area contributed by atoms with Crippen molar-refractivity contribution in [3.63, 3.8) is 0 Å². The number of benzene rings is 2. The molecule has 0 saturated carbocycles. The van der Waals surface area contributed by atoms with Crippen molar-refractivity contribution in [2.75, 3.05) is 29.9 Å². The van der Waals surface area contributed by atoms with Crippen LogP contribution in [0.1, 0.15) is 39.7 Å². The molecule has 2 aromatic rings. The molecule has 2 amide bonds. The molecule has 2 aromatic carbocycles. The lowest BCUT2D eigenvalue weighted by molar-refractivity contribution is -0.139. The Balaban J connectivity index is 1.88. The van der Waals surface area contributed by atoms with Gasteiger partial charge in [0.15, 0.2) is 11.5 Å². The summed E-state index contributed by atoms with van der Waals surface area (Å²) in [7, 11) is -3.81. The summed E-state index contributed by atoms with van der Waals surface area (Å²) < 4.78 is 37.9. The maximum atomic E-state index is 13.6. The highest BCUT2D eigenvalue weighted by Crippen LogP contribution is 2.36. The summed E-state index contributed by atoms with van der Waals surface area (Å²) in [5, 5.41) is 2.92. The first-order valence-corrected chi connectivity index (χ1v) is 13.8. The smallest absolute Gasteiger partial charge is 0.244 e. The van der Waals surface area contributed by atoms with E-state index in [-0.39, 0.29) is 31.0 Å². The van der Waals surface area contributed by atoms with Crippen molar-refractivity contribution < 1.29 is 27.5 Å². The Bertz CT molecular complexity index is 1160. The van der Waals surface area contributed by atoms with Crippen LogP contribution in [0.3, 0.4) is 0 Å². The van der Waals surface area contributed by atoms with E-state index in [2.05, 4.69) is 5.32 Å². The van der Waals surface area contributed by atoms with Crippen LogP contribution >= 0.6 is 0 Å². The second-order valence-corrected chi connectivity index (χ2v) is 10.9. The Kier molecular flexibility index (Phi) is 9.19. The molecule has 0 bridgehead atoms. The molecule has 0 aromatic heterocycles. The number of hydrogen-bond acceptors (Lipinski definition) is 6. The number of nitrogens with zero attached hydrogens (tertiary/aromatic N) is 2. The Hall–Kier alpha value is -3.27. The summed E-state index contributed by atoms with van der Waals surface area (Å²) in [5.41, 5.74) is 1.31. The number of sulfonamides is 1. The van der Waals surface area contributed by atoms with Gasteiger partial charge >= 0.3 is 0 Å². The van der Waals surface area contributed by atoms with Crippen molar-refractivity contribution in [2.45, 2.75) is 52.6 Å². The summed E-state index contributed by atoms with van der Waals surface area (Å²) >= 11 is 0. The molecule has 0 aliphatic carbocycles. The highest BCUT2D eigenvalue weighted by molar-refractivity contribution is 7.92. The van der Waals surface area contributed by atoms with Crippen LogP contribution < -0.4 is 19.1 Å². The molecule has 0 radical (unpaired) electrons. The molecule has 196 valence electrons. The van der Waals surface area contributed by atoms with Gasteiger partial charge in [-0.05, 0) is 51.3 Å². The minimum atomic E-state index is -3.81. The lowest BCUT2D eigenvalue weighted by Gasteiger charge is -2.32. The predicted octanol–water partition coefficient (Wildman–Crippen LogP) is 2.95. The molecule has 0 fully saturated rings. The molecule has 1 heterocycles. The van der Waals surface area contributed by atoms with Crippen molar-refractivity contribution in [1.82, 2.24) is 10.2 Å². The Labute approximate surface area is 213 Å². The summed E-state index contributed by atoms with van der Waals surface area (Å²) in [6, 6.07) is 13.6. The third-order valence-corrected chi connectivity index (χ3v) is 8.02. The van der Waals surface area contributed by atoms with Crippen molar-refractivity contribution >= 4 is 27.5 Å². The van der Waals surface area contributed by atoms with Gasteiger partial charge in [-0.2, -0.15) is 0 Å². The molecule has 1 aliphatic rings. The van der Waals surface area contributed by atoms with Gasteiger partial charge in [0.1, 0.15) is 12.6 Å². The molecular weight excluding hydrogens is 482 g/mol. The van der Waals surface area contributed by atoms with Crippen LogP contribution in [0.15, 0.2) is 48.5 Å². The van der Waals surface area contributed by atoms with Gasteiger partial charge in [0.2, 0.25) is 28.6 Å². The van der Waals surface area contributed by atoms with Gasteiger partial charge in [0.05, 0.1) is 11.4 Å². The Morgan fingerprint density at radius 3 is 2.39 bits per heavy atom. The Morgan fingerprint density at radius 2 is 1.72 bits per heavy atom. The number of fused-ring (bicyclic) bond motifs is 1. The fourth-order valence-electron chi connectivity index (χ4n) is 3.80. The van der Waals surface area contributed by atoms with E-state index in [4.69, 9.17) is 9.47 Å². The lowest BCUT2D eigenvalue weighted by atomic mass is 10.1. The van der Waals surface area contributed by atoms with Crippen LogP contribution in [-0.4, -0.2) is 62.9 Å². The number of anilines is 1. The Morgan fingerprint density at radius 1 is 1.03 bits per heavy atom. The first-order chi connectivity index (χ1) is 17.2. The van der Waals surface area contributed by atoms with E-state index < -0.39 is 28.5 Å². The fourth-order valence-corrected chi connectivity index (χ4v) is 4.85. The summed E-state index contributed by atoms with van der Waals surface area (Å²) in [6.45, 7) is 6.93. The monoisotopic (exact) mass is 517 g/mol. The van der Waals surface area contributed by atoms with Gasteiger partial charge in [-0.1, -0.05) is 37.3 Å². The zero-order valence-corrected chi connectivity index (χ0v) is 22.1. The first kappa shape index (κ1) is 27.3. The number of amides is 2. The average Bonchev–Trinajstić information content (AvgIpc) is 3.35. The van der Waals surface area contributed by atoms with Gasteiger partial charge in [0.25, 0.3) is 0 Å². The SMILES string of the molecule is CC[C@H](C)NC(=O)[C@@H](C)N(CCc1ccccc1)C(=O)CN(c1ccc2c(c1)OCO2)S(=O)(=O)CC. The van der Waals surface area contributed by atoms with Crippen molar-refractivity contribution in [1.29, 1.82) is 0 Å². The van der Waals surface area contributed by atoms with Crippen molar-refractivity contribution in [3.8, 4) is 11.5 Å². The first-order valence-electron chi connectivity index (χ1n) is 12.2. The number of rotatable bonds is 12. The number of ether oxygens (including phenoxy) is 2. The number of carbonyl (C=O) groups is 2. The largest absolute Gasteiger partial charge is 0.454 e. The molecule has 36 heavy (non-hydrogen) atoms. The summed E-state index contributed by atoms with van der Waals surface area (Å²) in [4.78, 5) is 28.0. The van der Waals surface area contributed by atoms with E-state index in [0.29, 0.717) is 23.6 Å². The summed E-state index contributed by atoms with van der Waals surface area (Å²) in [5.74, 6) is -0.00797. The molecule has 10 heteroatoms. The van der Waals surface area contributed by atoms with Gasteiger partial charge in [-0.25, -0.2) is 8.42 Å². The maximum absolute atomic E-state index is 13.6. The molecule has 0 spiro atoms. The van der Waals surface area contributed by atoms with Crippen LogP contribution in [0.2, 0.25) is 0 Å². The minimum Gasteiger partial charge on any atom is -0.454 e. The van der Waals surface area contributed by atoms with E-state index in [9.17, 15) is 18.0 Å². The van der Waals surface area contributed by atoms with Crippen LogP contribution in [0.25, 0.3) is 0 Å². The molecule has 1 aliphatic heterocycles. The minimum absolute atomic E-state index is 0.0448. The van der Waals surface area contributed by atoms with E-state index >= 15 is 0 Å². The van der Waals surface area contributed by atoms with Crippen LogP contribution in [0, 0.1) is 0 Å². The molecule has 1 N–H and O–H groups in total. The number of hydrogen-bond donors (Lipinski definition) is 1. The molecular formula is C26H35N3O6S.